The number of benzene rings is 1. The summed E-state index contributed by atoms with van der Waals surface area (Å²) in [5.74, 6) is 0.428. The zero-order chi connectivity index (χ0) is 12.3. The van der Waals surface area contributed by atoms with Crippen molar-refractivity contribution in [3.8, 4) is 0 Å². The maximum atomic E-state index is 10.8. The summed E-state index contributed by atoms with van der Waals surface area (Å²) >= 11 is 5.90. The Morgan fingerprint density at radius 2 is 2.29 bits per heavy atom. The van der Waals surface area contributed by atoms with Crippen molar-refractivity contribution >= 4 is 23.3 Å². The third-order valence-corrected chi connectivity index (χ3v) is 2.41. The summed E-state index contributed by atoms with van der Waals surface area (Å²) in [7, 11) is 0. The molecular formula is C12H12ClN3O. The molecule has 0 spiro atoms. The van der Waals surface area contributed by atoms with Gasteiger partial charge in [0.2, 0.25) is 5.91 Å². The average Bonchev–Trinajstić information content (AvgIpc) is 2.64. The predicted molar refractivity (Wildman–Crippen MR) is 67.1 cm³/mol. The molecule has 2 rings (SSSR count). The molecule has 0 radical (unpaired) electrons. The van der Waals surface area contributed by atoms with Crippen LogP contribution in [0.2, 0.25) is 5.02 Å². The van der Waals surface area contributed by atoms with E-state index in [-0.39, 0.29) is 5.91 Å². The summed E-state index contributed by atoms with van der Waals surface area (Å²) in [6, 6.07) is 9.35. The number of halogens is 1. The largest absolute Gasteiger partial charge is 0.309 e. The summed E-state index contributed by atoms with van der Waals surface area (Å²) in [5.41, 5.74) is 1.06. The minimum Gasteiger partial charge on any atom is -0.309 e. The van der Waals surface area contributed by atoms with Crippen LogP contribution in [0.1, 0.15) is 12.5 Å². The van der Waals surface area contributed by atoms with Crippen LogP contribution in [0.3, 0.4) is 0 Å². The van der Waals surface area contributed by atoms with E-state index >= 15 is 0 Å². The molecule has 88 valence electrons. The molecule has 2 aromatic rings. The Labute approximate surface area is 104 Å². The molecule has 0 saturated heterocycles. The van der Waals surface area contributed by atoms with E-state index in [1.807, 2.05) is 30.5 Å². The van der Waals surface area contributed by atoms with E-state index in [1.165, 1.54) is 6.92 Å². The number of nitrogens with one attached hydrogen (secondary N) is 1. The van der Waals surface area contributed by atoms with Crippen molar-refractivity contribution in [2.75, 3.05) is 5.32 Å². The van der Waals surface area contributed by atoms with Gasteiger partial charge in [-0.25, -0.2) is 0 Å². The van der Waals surface area contributed by atoms with Crippen LogP contribution in [0.5, 0.6) is 0 Å². The highest BCUT2D eigenvalue weighted by Crippen LogP contribution is 2.12. The Hall–Kier alpha value is -1.81. The van der Waals surface area contributed by atoms with Crippen molar-refractivity contribution in [1.29, 1.82) is 0 Å². The summed E-state index contributed by atoms with van der Waals surface area (Å²) in [4.78, 5) is 10.8. The van der Waals surface area contributed by atoms with E-state index in [4.69, 9.17) is 11.6 Å². The van der Waals surface area contributed by atoms with Crippen LogP contribution in [0.15, 0.2) is 36.5 Å². The zero-order valence-electron chi connectivity index (χ0n) is 9.35. The van der Waals surface area contributed by atoms with E-state index in [1.54, 1.807) is 10.7 Å². The van der Waals surface area contributed by atoms with Crippen LogP contribution < -0.4 is 5.32 Å². The molecule has 0 atom stereocenters. The molecule has 0 bridgehead atoms. The number of hydrogen-bond donors (Lipinski definition) is 1. The number of aromatic nitrogens is 2. The summed E-state index contributed by atoms with van der Waals surface area (Å²) in [5, 5.41) is 7.55. The zero-order valence-corrected chi connectivity index (χ0v) is 10.1. The molecular weight excluding hydrogens is 238 g/mol. The highest BCUT2D eigenvalue weighted by molar-refractivity contribution is 6.30. The first-order valence-electron chi connectivity index (χ1n) is 5.19. The molecule has 0 aliphatic rings. The molecule has 0 aliphatic heterocycles. The van der Waals surface area contributed by atoms with E-state index in [0.717, 1.165) is 5.56 Å². The molecule has 1 heterocycles. The van der Waals surface area contributed by atoms with Crippen molar-refractivity contribution in [1.82, 2.24) is 9.78 Å². The molecule has 0 saturated carbocycles. The van der Waals surface area contributed by atoms with Gasteiger partial charge in [0.25, 0.3) is 0 Å². The van der Waals surface area contributed by atoms with Crippen LogP contribution in [-0.4, -0.2) is 15.7 Å². The van der Waals surface area contributed by atoms with Crippen molar-refractivity contribution in [3.63, 3.8) is 0 Å². The second-order valence-corrected chi connectivity index (χ2v) is 4.15. The van der Waals surface area contributed by atoms with Crippen molar-refractivity contribution < 1.29 is 4.79 Å². The van der Waals surface area contributed by atoms with Crippen LogP contribution in [0.4, 0.5) is 5.82 Å². The van der Waals surface area contributed by atoms with Gasteiger partial charge < -0.3 is 5.32 Å². The second kappa shape index (κ2) is 5.01. The van der Waals surface area contributed by atoms with Gasteiger partial charge in [0.1, 0.15) is 0 Å². The van der Waals surface area contributed by atoms with Crippen LogP contribution in [0, 0.1) is 0 Å². The molecule has 5 heteroatoms. The number of carbonyl (C=O) groups excluding carboxylic acids is 1. The van der Waals surface area contributed by atoms with Crippen LogP contribution in [0.25, 0.3) is 0 Å². The van der Waals surface area contributed by atoms with Gasteiger partial charge in [-0.05, 0) is 17.7 Å². The number of nitrogens with zero attached hydrogens (tertiary/aromatic N) is 2. The fourth-order valence-corrected chi connectivity index (χ4v) is 1.73. The lowest BCUT2D eigenvalue weighted by atomic mass is 10.2. The lowest BCUT2D eigenvalue weighted by molar-refractivity contribution is -0.114. The number of amides is 1. The van der Waals surface area contributed by atoms with Gasteiger partial charge in [-0.1, -0.05) is 23.7 Å². The third kappa shape index (κ3) is 3.32. The van der Waals surface area contributed by atoms with Gasteiger partial charge in [0, 0.05) is 24.2 Å². The average molecular weight is 250 g/mol. The van der Waals surface area contributed by atoms with E-state index < -0.39 is 0 Å². The normalized spacial score (nSPS) is 10.2. The SMILES string of the molecule is CC(=O)Nc1ccn(Cc2cccc(Cl)c2)n1. The second-order valence-electron chi connectivity index (χ2n) is 3.71. The Morgan fingerprint density at radius 3 is 3.00 bits per heavy atom. The molecule has 17 heavy (non-hydrogen) atoms. The molecule has 4 nitrogen and oxygen atoms in total. The molecule has 0 fully saturated rings. The predicted octanol–water partition coefficient (Wildman–Crippen LogP) is 2.54. The summed E-state index contributed by atoms with van der Waals surface area (Å²) in [6.45, 7) is 2.08. The highest BCUT2D eigenvalue weighted by atomic mass is 35.5. The van der Waals surface area contributed by atoms with Gasteiger partial charge in [-0.15, -0.1) is 0 Å². The number of anilines is 1. The third-order valence-electron chi connectivity index (χ3n) is 2.18. The monoisotopic (exact) mass is 249 g/mol. The molecule has 0 aliphatic carbocycles. The standard InChI is InChI=1S/C12H12ClN3O/c1-9(17)14-12-5-6-16(15-12)8-10-3-2-4-11(13)7-10/h2-7H,8H2,1H3,(H,14,15,17). The fraction of sp³-hybridized carbons (Fsp3) is 0.167. The Kier molecular flexibility index (Phi) is 3.44. The molecule has 1 amide bonds. The Morgan fingerprint density at radius 1 is 1.47 bits per heavy atom. The molecule has 0 unspecified atom stereocenters. The summed E-state index contributed by atoms with van der Waals surface area (Å²) < 4.78 is 1.75. The highest BCUT2D eigenvalue weighted by Gasteiger charge is 2.01. The van der Waals surface area contributed by atoms with E-state index in [9.17, 15) is 4.79 Å². The molecule has 1 aromatic heterocycles. The van der Waals surface area contributed by atoms with Gasteiger partial charge in [-0.3, -0.25) is 9.48 Å². The Bertz CT molecular complexity index is 536. The molecule has 1 N–H and O–H groups in total. The van der Waals surface area contributed by atoms with Gasteiger partial charge >= 0.3 is 0 Å². The van der Waals surface area contributed by atoms with Crippen LogP contribution >= 0.6 is 11.6 Å². The fourth-order valence-electron chi connectivity index (χ4n) is 1.52. The first-order valence-corrected chi connectivity index (χ1v) is 5.57. The summed E-state index contributed by atoms with van der Waals surface area (Å²) in [6.07, 6.45) is 1.81. The minimum absolute atomic E-state index is 0.127. The lowest BCUT2D eigenvalue weighted by Crippen LogP contribution is -2.07. The minimum atomic E-state index is -0.127. The number of hydrogen-bond acceptors (Lipinski definition) is 2. The van der Waals surface area contributed by atoms with Gasteiger partial charge in [-0.2, -0.15) is 5.10 Å². The van der Waals surface area contributed by atoms with E-state index in [0.29, 0.717) is 17.4 Å². The van der Waals surface area contributed by atoms with E-state index in [2.05, 4.69) is 10.4 Å². The number of rotatable bonds is 3. The van der Waals surface area contributed by atoms with Crippen molar-refractivity contribution in [2.45, 2.75) is 13.5 Å². The van der Waals surface area contributed by atoms with Gasteiger partial charge in [0.05, 0.1) is 6.54 Å². The Balaban J connectivity index is 2.08. The van der Waals surface area contributed by atoms with Crippen molar-refractivity contribution in [3.05, 3.63) is 47.1 Å². The lowest BCUT2D eigenvalue weighted by Gasteiger charge is -2.02. The first kappa shape index (κ1) is 11.7. The van der Waals surface area contributed by atoms with Gasteiger partial charge in [0.15, 0.2) is 5.82 Å². The quantitative estimate of drug-likeness (QED) is 0.909. The van der Waals surface area contributed by atoms with Crippen LogP contribution in [-0.2, 0) is 11.3 Å². The topological polar surface area (TPSA) is 46.9 Å². The maximum absolute atomic E-state index is 10.8. The smallest absolute Gasteiger partial charge is 0.222 e. The number of carbonyl (C=O) groups is 1. The first-order chi connectivity index (χ1) is 8.13. The molecule has 1 aromatic carbocycles. The van der Waals surface area contributed by atoms with Crippen molar-refractivity contribution in [2.24, 2.45) is 0 Å². The maximum Gasteiger partial charge on any atom is 0.222 e.